The van der Waals surface area contributed by atoms with Crippen LogP contribution in [0, 0.1) is 12.8 Å². The number of aryl methyl sites for hydroxylation is 1. The van der Waals surface area contributed by atoms with Crippen molar-refractivity contribution in [3.8, 4) is 0 Å². The number of hydrogen-bond donors (Lipinski definition) is 3. The molecule has 4 heteroatoms. The highest BCUT2D eigenvalue weighted by molar-refractivity contribution is 5.86. The molecule has 0 radical (unpaired) electrons. The lowest BCUT2D eigenvalue weighted by atomic mass is 9.89. The van der Waals surface area contributed by atoms with Gasteiger partial charge in [-0.05, 0) is 32.0 Å². The van der Waals surface area contributed by atoms with Crippen molar-refractivity contribution in [2.75, 3.05) is 7.05 Å². The summed E-state index contributed by atoms with van der Waals surface area (Å²) in [4.78, 5) is 14.8. The van der Waals surface area contributed by atoms with Crippen LogP contribution < -0.4 is 5.32 Å². The fourth-order valence-electron chi connectivity index (χ4n) is 2.80. The Labute approximate surface area is 112 Å². The first-order chi connectivity index (χ1) is 9.10. The molecular weight excluding hydrogens is 240 g/mol. The molecule has 0 saturated carbocycles. The predicted molar refractivity (Wildman–Crippen MR) is 76.3 cm³/mol. The Morgan fingerprint density at radius 3 is 2.68 bits per heavy atom. The minimum absolute atomic E-state index is 0.182. The van der Waals surface area contributed by atoms with E-state index < -0.39 is 11.9 Å². The Balaban J connectivity index is 2.57. The summed E-state index contributed by atoms with van der Waals surface area (Å²) < 4.78 is 0. The maximum atomic E-state index is 11.4. The molecule has 1 heterocycles. The first-order valence-corrected chi connectivity index (χ1v) is 6.57. The number of carboxylic acids is 1. The molecular formula is C15H20N2O2. The highest BCUT2D eigenvalue weighted by Gasteiger charge is 2.29. The lowest BCUT2D eigenvalue weighted by molar-refractivity contribution is -0.142. The van der Waals surface area contributed by atoms with Crippen molar-refractivity contribution >= 4 is 16.9 Å². The number of para-hydroxylation sites is 1. The number of rotatable bonds is 5. The molecule has 4 nitrogen and oxygen atoms in total. The molecule has 0 aliphatic heterocycles. The molecule has 2 atom stereocenters. The van der Waals surface area contributed by atoms with E-state index in [4.69, 9.17) is 0 Å². The second-order valence-electron chi connectivity index (χ2n) is 4.83. The van der Waals surface area contributed by atoms with Gasteiger partial charge in [-0.3, -0.25) is 4.79 Å². The average Bonchev–Trinajstić information content (AvgIpc) is 2.71. The molecule has 1 aromatic heterocycles. The van der Waals surface area contributed by atoms with Crippen molar-refractivity contribution in [2.45, 2.75) is 26.3 Å². The van der Waals surface area contributed by atoms with Gasteiger partial charge in [-0.1, -0.05) is 25.1 Å². The molecule has 0 aliphatic rings. The van der Waals surface area contributed by atoms with Crippen molar-refractivity contribution < 1.29 is 9.90 Å². The van der Waals surface area contributed by atoms with Gasteiger partial charge in [0.05, 0.1) is 5.92 Å². The average molecular weight is 260 g/mol. The fourth-order valence-corrected chi connectivity index (χ4v) is 2.80. The van der Waals surface area contributed by atoms with E-state index in [9.17, 15) is 9.90 Å². The molecule has 0 saturated heterocycles. The van der Waals surface area contributed by atoms with E-state index >= 15 is 0 Å². The van der Waals surface area contributed by atoms with E-state index in [2.05, 4.69) is 10.3 Å². The highest BCUT2D eigenvalue weighted by atomic mass is 16.4. The Hall–Kier alpha value is -1.81. The zero-order valence-electron chi connectivity index (χ0n) is 11.5. The van der Waals surface area contributed by atoms with Gasteiger partial charge in [0, 0.05) is 22.6 Å². The van der Waals surface area contributed by atoms with Crippen LogP contribution >= 0.6 is 0 Å². The molecule has 0 fully saturated rings. The zero-order chi connectivity index (χ0) is 14.0. The van der Waals surface area contributed by atoms with E-state index in [1.54, 1.807) is 0 Å². The number of nitrogens with one attached hydrogen (secondary N) is 2. The summed E-state index contributed by atoms with van der Waals surface area (Å²) in [6.07, 6.45) is 0.597. The van der Waals surface area contributed by atoms with Crippen molar-refractivity contribution in [1.29, 1.82) is 0 Å². The Morgan fingerprint density at radius 2 is 2.11 bits per heavy atom. The lowest BCUT2D eigenvalue weighted by Crippen LogP contribution is -2.30. The number of benzene rings is 1. The van der Waals surface area contributed by atoms with E-state index in [-0.39, 0.29) is 6.04 Å². The van der Waals surface area contributed by atoms with Crippen LogP contribution in [-0.4, -0.2) is 23.1 Å². The first kappa shape index (κ1) is 13.6. The SMILES string of the molecule is CCC(C(=O)O)C(NC)c1c(C)[nH]c2ccccc12. The number of hydrogen-bond acceptors (Lipinski definition) is 2. The van der Waals surface area contributed by atoms with Crippen LogP contribution in [0.3, 0.4) is 0 Å². The number of fused-ring (bicyclic) bond motifs is 1. The third kappa shape index (κ3) is 2.36. The zero-order valence-corrected chi connectivity index (χ0v) is 11.5. The molecule has 102 valence electrons. The predicted octanol–water partition coefficient (Wildman–Crippen LogP) is 2.85. The van der Waals surface area contributed by atoms with E-state index in [0.29, 0.717) is 6.42 Å². The second kappa shape index (κ2) is 5.45. The van der Waals surface area contributed by atoms with Gasteiger partial charge in [-0.2, -0.15) is 0 Å². The monoisotopic (exact) mass is 260 g/mol. The summed E-state index contributed by atoms with van der Waals surface area (Å²) in [7, 11) is 1.82. The van der Waals surface area contributed by atoms with Gasteiger partial charge in [0.1, 0.15) is 0 Å². The molecule has 2 aromatic rings. The normalized spacial score (nSPS) is 14.5. The van der Waals surface area contributed by atoms with Crippen molar-refractivity contribution in [3.63, 3.8) is 0 Å². The molecule has 2 rings (SSSR count). The van der Waals surface area contributed by atoms with Crippen molar-refractivity contribution in [1.82, 2.24) is 10.3 Å². The van der Waals surface area contributed by atoms with Gasteiger partial charge in [0.15, 0.2) is 0 Å². The van der Waals surface area contributed by atoms with Crippen LogP contribution in [0.1, 0.15) is 30.6 Å². The van der Waals surface area contributed by atoms with Gasteiger partial charge in [0.25, 0.3) is 0 Å². The highest BCUT2D eigenvalue weighted by Crippen LogP contribution is 2.33. The van der Waals surface area contributed by atoms with E-state index in [0.717, 1.165) is 22.2 Å². The summed E-state index contributed by atoms with van der Waals surface area (Å²) >= 11 is 0. The van der Waals surface area contributed by atoms with E-state index in [1.807, 2.05) is 45.2 Å². The molecule has 2 unspecified atom stereocenters. The summed E-state index contributed by atoms with van der Waals surface area (Å²) in [6.45, 7) is 3.90. The number of aromatic nitrogens is 1. The van der Waals surface area contributed by atoms with Crippen LogP contribution in [-0.2, 0) is 4.79 Å². The molecule has 3 N–H and O–H groups in total. The maximum absolute atomic E-state index is 11.4. The largest absolute Gasteiger partial charge is 0.481 e. The number of carbonyl (C=O) groups is 1. The minimum atomic E-state index is -0.758. The Bertz CT molecular complexity index is 589. The maximum Gasteiger partial charge on any atom is 0.308 e. The topological polar surface area (TPSA) is 65.1 Å². The smallest absolute Gasteiger partial charge is 0.308 e. The van der Waals surface area contributed by atoms with Gasteiger partial charge < -0.3 is 15.4 Å². The second-order valence-corrected chi connectivity index (χ2v) is 4.83. The first-order valence-electron chi connectivity index (χ1n) is 6.57. The van der Waals surface area contributed by atoms with Crippen LogP contribution in [0.5, 0.6) is 0 Å². The standard InChI is InChI=1S/C15H20N2O2/c1-4-10(15(18)19)14(16-3)13-9(2)17-12-8-6-5-7-11(12)13/h5-8,10,14,16-17H,4H2,1-3H3,(H,18,19). The van der Waals surface area contributed by atoms with Crippen LogP contribution in [0.4, 0.5) is 0 Å². The lowest BCUT2D eigenvalue weighted by Gasteiger charge is -2.23. The van der Waals surface area contributed by atoms with Crippen LogP contribution in [0.15, 0.2) is 24.3 Å². The number of H-pyrrole nitrogens is 1. The molecule has 0 aliphatic carbocycles. The molecule has 19 heavy (non-hydrogen) atoms. The molecule has 0 amide bonds. The summed E-state index contributed by atoms with van der Waals surface area (Å²) in [5, 5.41) is 13.7. The van der Waals surface area contributed by atoms with Crippen LogP contribution in [0.25, 0.3) is 10.9 Å². The van der Waals surface area contributed by atoms with Gasteiger partial charge in [-0.25, -0.2) is 0 Å². The van der Waals surface area contributed by atoms with Crippen LogP contribution in [0.2, 0.25) is 0 Å². The summed E-state index contributed by atoms with van der Waals surface area (Å²) in [5.74, 6) is -1.19. The molecule has 0 bridgehead atoms. The Kier molecular flexibility index (Phi) is 3.90. The van der Waals surface area contributed by atoms with Gasteiger partial charge in [-0.15, -0.1) is 0 Å². The third-order valence-corrected chi connectivity index (χ3v) is 3.72. The minimum Gasteiger partial charge on any atom is -0.481 e. The summed E-state index contributed by atoms with van der Waals surface area (Å²) in [5.41, 5.74) is 3.14. The van der Waals surface area contributed by atoms with Gasteiger partial charge in [0.2, 0.25) is 0 Å². The third-order valence-electron chi connectivity index (χ3n) is 3.72. The van der Waals surface area contributed by atoms with Crippen molar-refractivity contribution in [2.24, 2.45) is 5.92 Å². The number of aliphatic carboxylic acids is 1. The summed E-state index contributed by atoms with van der Waals surface area (Å²) in [6, 6.07) is 7.82. The number of carboxylic acid groups (broad SMARTS) is 1. The molecule has 0 spiro atoms. The van der Waals surface area contributed by atoms with Crippen molar-refractivity contribution in [3.05, 3.63) is 35.5 Å². The molecule has 1 aromatic carbocycles. The number of aromatic amines is 1. The van der Waals surface area contributed by atoms with E-state index in [1.165, 1.54) is 0 Å². The quantitative estimate of drug-likeness (QED) is 0.774. The fraction of sp³-hybridized carbons (Fsp3) is 0.400. The Morgan fingerprint density at radius 1 is 1.42 bits per heavy atom. The van der Waals surface area contributed by atoms with Gasteiger partial charge >= 0.3 is 5.97 Å².